The van der Waals surface area contributed by atoms with Gasteiger partial charge in [0.05, 0.1) is 0 Å². The van der Waals surface area contributed by atoms with Crippen molar-refractivity contribution in [3.8, 4) is 0 Å². The van der Waals surface area contributed by atoms with E-state index in [0.717, 1.165) is 30.5 Å². The molecule has 1 heterocycles. The van der Waals surface area contributed by atoms with Crippen LogP contribution in [0, 0.1) is 11.6 Å². The molecule has 1 aromatic heterocycles. The van der Waals surface area contributed by atoms with Crippen LogP contribution in [0.2, 0.25) is 5.15 Å². The molecule has 0 N–H and O–H groups in total. The summed E-state index contributed by atoms with van der Waals surface area (Å²) >= 11 is 7.28. The lowest BCUT2D eigenvalue weighted by Crippen LogP contribution is -1.95. The van der Waals surface area contributed by atoms with Crippen LogP contribution in [-0.2, 0) is 6.42 Å². The first-order valence-corrected chi connectivity index (χ1v) is 6.93. The maximum Gasteiger partial charge on any atom is 0.159 e. The van der Waals surface area contributed by atoms with E-state index in [1.54, 1.807) is 0 Å². The van der Waals surface area contributed by atoms with E-state index in [9.17, 15) is 8.78 Å². The maximum absolute atomic E-state index is 13.2. The van der Waals surface area contributed by atoms with E-state index in [1.807, 2.05) is 6.92 Å². The molecule has 0 saturated heterocycles. The normalized spacial score (nSPS) is 10.7. The molecule has 0 radical (unpaired) electrons. The largest absolute Gasteiger partial charge is 0.229 e. The van der Waals surface area contributed by atoms with Crippen LogP contribution < -0.4 is 0 Å². The minimum absolute atomic E-state index is 0.405. The first-order valence-electron chi connectivity index (χ1n) is 5.74. The summed E-state index contributed by atoms with van der Waals surface area (Å²) in [5.41, 5.74) is 0.835. The van der Waals surface area contributed by atoms with Crippen molar-refractivity contribution in [3.63, 3.8) is 0 Å². The number of rotatable bonds is 4. The second-order valence-electron chi connectivity index (χ2n) is 3.88. The Morgan fingerprint density at radius 2 is 2.00 bits per heavy atom. The Kier molecular flexibility index (Phi) is 4.71. The predicted molar refractivity (Wildman–Crippen MR) is 71.5 cm³/mol. The Balaban J connectivity index is 2.32. The number of hydrogen-bond donors (Lipinski definition) is 0. The summed E-state index contributed by atoms with van der Waals surface area (Å²) in [6.45, 7) is 2.02. The molecule has 0 spiro atoms. The summed E-state index contributed by atoms with van der Waals surface area (Å²) in [6, 6.07) is 3.75. The van der Waals surface area contributed by atoms with Crippen LogP contribution in [0.1, 0.15) is 18.9 Å². The molecule has 0 amide bonds. The Morgan fingerprint density at radius 3 is 2.68 bits per heavy atom. The molecule has 19 heavy (non-hydrogen) atoms. The molecule has 0 saturated carbocycles. The summed E-state index contributed by atoms with van der Waals surface area (Å²) < 4.78 is 26.0. The zero-order chi connectivity index (χ0) is 13.8. The molecule has 0 fully saturated rings. The van der Waals surface area contributed by atoms with Crippen LogP contribution >= 0.6 is 23.4 Å². The highest BCUT2D eigenvalue weighted by Gasteiger charge is 2.12. The van der Waals surface area contributed by atoms with Gasteiger partial charge in [-0.2, -0.15) is 0 Å². The van der Waals surface area contributed by atoms with Crippen molar-refractivity contribution >= 4 is 23.4 Å². The van der Waals surface area contributed by atoms with Gasteiger partial charge in [-0.05, 0) is 24.6 Å². The van der Waals surface area contributed by atoms with Gasteiger partial charge in [0.2, 0.25) is 0 Å². The van der Waals surface area contributed by atoms with E-state index in [4.69, 9.17) is 11.6 Å². The van der Waals surface area contributed by atoms with Crippen LogP contribution in [-0.4, -0.2) is 9.97 Å². The van der Waals surface area contributed by atoms with Gasteiger partial charge in [0.1, 0.15) is 16.5 Å². The van der Waals surface area contributed by atoms with Crippen LogP contribution in [0.15, 0.2) is 34.4 Å². The average molecular weight is 301 g/mol. The van der Waals surface area contributed by atoms with Crippen molar-refractivity contribution in [2.45, 2.75) is 29.7 Å². The second-order valence-corrected chi connectivity index (χ2v) is 5.30. The van der Waals surface area contributed by atoms with Gasteiger partial charge in [-0.25, -0.2) is 18.7 Å². The predicted octanol–water partition coefficient (Wildman–Crippen LogP) is 4.51. The summed E-state index contributed by atoms with van der Waals surface area (Å²) in [5, 5.41) is 1.08. The Bertz CT molecular complexity index is 593. The lowest BCUT2D eigenvalue weighted by molar-refractivity contribution is 0.506. The van der Waals surface area contributed by atoms with Crippen LogP contribution in [0.4, 0.5) is 8.78 Å². The minimum Gasteiger partial charge on any atom is -0.229 e. The van der Waals surface area contributed by atoms with Gasteiger partial charge < -0.3 is 0 Å². The van der Waals surface area contributed by atoms with Gasteiger partial charge in [-0.15, -0.1) is 0 Å². The molecule has 0 bridgehead atoms. The standard InChI is InChI=1S/C13H11ClF2N2S/c1-2-3-9-12(14)17-7-18-13(9)19-8-4-5-10(15)11(16)6-8/h4-7H,2-3H2,1H3. The van der Waals surface area contributed by atoms with Gasteiger partial charge in [0.25, 0.3) is 0 Å². The fourth-order valence-electron chi connectivity index (χ4n) is 1.58. The highest BCUT2D eigenvalue weighted by molar-refractivity contribution is 7.99. The molecule has 2 aromatic rings. The summed E-state index contributed by atoms with van der Waals surface area (Å²) in [4.78, 5) is 8.67. The number of hydrogen-bond acceptors (Lipinski definition) is 3. The molecule has 2 rings (SSSR count). The van der Waals surface area contributed by atoms with E-state index in [0.29, 0.717) is 15.1 Å². The van der Waals surface area contributed by atoms with Crippen LogP contribution in [0.3, 0.4) is 0 Å². The zero-order valence-corrected chi connectivity index (χ0v) is 11.7. The SMILES string of the molecule is CCCc1c(Cl)ncnc1Sc1ccc(F)c(F)c1. The monoisotopic (exact) mass is 300 g/mol. The third kappa shape index (κ3) is 3.42. The van der Waals surface area contributed by atoms with Crippen molar-refractivity contribution in [1.82, 2.24) is 9.97 Å². The molecule has 1 aromatic carbocycles. The van der Waals surface area contributed by atoms with Gasteiger partial charge >= 0.3 is 0 Å². The van der Waals surface area contributed by atoms with Crippen LogP contribution in [0.25, 0.3) is 0 Å². The van der Waals surface area contributed by atoms with Gasteiger partial charge in [-0.3, -0.25) is 0 Å². The number of halogens is 3. The van der Waals surface area contributed by atoms with Crippen molar-refractivity contribution in [3.05, 3.63) is 46.9 Å². The van der Waals surface area contributed by atoms with Crippen molar-refractivity contribution in [1.29, 1.82) is 0 Å². The molecule has 0 atom stereocenters. The number of nitrogens with zero attached hydrogens (tertiary/aromatic N) is 2. The topological polar surface area (TPSA) is 25.8 Å². The van der Waals surface area contributed by atoms with Gasteiger partial charge in [0.15, 0.2) is 11.6 Å². The van der Waals surface area contributed by atoms with Crippen LogP contribution in [0.5, 0.6) is 0 Å². The fourth-order valence-corrected chi connectivity index (χ4v) is 2.80. The lowest BCUT2D eigenvalue weighted by atomic mass is 10.2. The first kappa shape index (κ1) is 14.2. The molecular weight excluding hydrogens is 290 g/mol. The molecule has 0 aliphatic carbocycles. The lowest BCUT2D eigenvalue weighted by Gasteiger charge is -2.08. The third-order valence-electron chi connectivity index (χ3n) is 2.46. The second kappa shape index (κ2) is 6.30. The minimum atomic E-state index is -0.873. The van der Waals surface area contributed by atoms with Crippen molar-refractivity contribution < 1.29 is 8.78 Å². The summed E-state index contributed by atoms with van der Waals surface area (Å²) in [6.07, 6.45) is 3.01. The van der Waals surface area contributed by atoms with E-state index >= 15 is 0 Å². The summed E-state index contributed by atoms with van der Waals surface area (Å²) in [7, 11) is 0. The third-order valence-corrected chi connectivity index (χ3v) is 3.82. The Labute approximate surface area is 119 Å². The van der Waals surface area contributed by atoms with E-state index in [1.165, 1.54) is 24.2 Å². The Morgan fingerprint density at radius 1 is 1.21 bits per heavy atom. The molecule has 0 unspecified atom stereocenters. The molecule has 6 heteroatoms. The highest BCUT2D eigenvalue weighted by atomic mass is 35.5. The number of aromatic nitrogens is 2. The quantitative estimate of drug-likeness (QED) is 0.777. The molecule has 2 nitrogen and oxygen atoms in total. The Hall–Kier alpha value is -1.20. The molecular formula is C13H11ClF2N2S. The number of benzene rings is 1. The van der Waals surface area contributed by atoms with Crippen molar-refractivity contribution in [2.75, 3.05) is 0 Å². The van der Waals surface area contributed by atoms with E-state index < -0.39 is 11.6 Å². The first-order chi connectivity index (χ1) is 9.11. The average Bonchev–Trinajstić information content (AvgIpc) is 2.38. The highest BCUT2D eigenvalue weighted by Crippen LogP contribution is 2.32. The maximum atomic E-state index is 13.2. The van der Waals surface area contributed by atoms with Gasteiger partial charge in [-0.1, -0.05) is 36.7 Å². The zero-order valence-electron chi connectivity index (χ0n) is 10.2. The smallest absolute Gasteiger partial charge is 0.159 e. The summed E-state index contributed by atoms with van der Waals surface area (Å²) in [5.74, 6) is -1.74. The molecule has 0 aliphatic heterocycles. The fraction of sp³-hybridized carbons (Fsp3) is 0.231. The molecule has 100 valence electrons. The van der Waals surface area contributed by atoms with E-state index in [-0.39, 0.29) is 0 Å². The van der Waals surface area contributed by atoms with Crippen molar-refractivity contribution in [2.24, 2.45) is 0 Å². The van der Waals surface area contributed by atoms with E-state index in [2.05, 4.69) is 9.97 Å². The molecule has 0 aliphatic rings. The van der Waals surface area contributed by atoms with Gasteiger partial charge in [0, 0.05) is 10.5 Å².